The summed E-state index contributed by atoms with van der Waals surface area (Å²) in [4.78, 5) is 7.22. The second-order valence-corrected chi connectivity index (χ2v) is 5.08. The third-order valence-electron chi connectivity index (χ3n) is 3.63. The zero-order chi connectivity index (χ0) is 14.4. The van der Waals surface area contributed by atoms with Crippen molar-refractivity contribution in [2.24, 2.45) is 0 Å². The Balaban J connectivity index is 2.36. The normalized spacial score (nSPS) is 11.2. The van der Waals surface area contributed by atoms with Crippen molar-refractivity contribution in [3.63, 3.8) is 0 Å². The van der Waals surface area contributed by atoms with Gasteiger partial charge in [-0.05, 0) is 31.6 Å². The molecule has 0 aliphatic heterocycles. The summed E-state index contributed by atoms with van der Waals surface area (Å²) in [5.41, 5.74) is 2.36. The first-order valence-corrected chi connectivity index (χ1v) is 7.63. The molecule has 0 saturated carbocycles. The average molecular weight is 271 g/mol. The van der Waals surface area contributed by atoms with Crippen molar-refractivity contribution in [2.45, 2.75) is 33.7 Å². The molecule has 0 aliphatic rings. The molecule has 0 unspecified atom stereocenters. The summed E-state index contributed by atoms with van der Waals surface area (Å²) in [6.07, 6.45) is 1.11. The van der Waals surface area contributed by atoms with Crippen LogP contribution < -0.4 is 5.32 Å². The number of rotatable bonds is 7. The molecule has 2 aromatic rings. The van der Waals surface area contributed by atoms with E-state index in [4.69, 9.17) is 4.98 Å². The van der Waals surface area contributed by atoms with E-state index in [0.29, 0.717) is 0 Å². The number of anilines is 1. The molecule has 1 N–H and O–H groups in total. The highest BCUT2D eigenvalue weighted by molar-refractivity contribution is 5.81. The molecule has 3 nitrogen and oxygen atoms in total. The summed E-state index contributed by atoms with van der Waals surface area (Å²) in [6.45, 7) is 10.6. The molecule has 0 radical (unpaired) electrons. The van der Waals surface area contributed by atoms with Gasteiger partial charge in [0.1, 0.15) is 5.82 Å². The maximum Gasteiger partial charge on any atom is 0.131 e. The van der Waals surface area contributed by atoms with Crippen molar-refractivity contribution in [2.75, 3.05) is 25.0 Å². The fourth-order valence-electron chi connectivity index (χ4n) is 2.36. The highest BCUT2D eigenvalue weighted by Crippen LogP contribution is 2.22. The van der Waals surface area contributed by atoms with Crippen LogP contribution >= 0.6 is 0 Å². The zero-order valence-corrected chi connectivity index (χ0v) is 12.8. The van der Waals surface area contributed by atoms with Crippen LogP contribution in [0.25, 0.3) is 10.9 Å². The molecule has 0 amide bonds. The van der Waals surface area contributed by atoms with Gasteiger partial charge in [-0.3, -0.25) is 4.90 Å². The smallest absolute Gasteiger partial charge is 0.131 e. The van der Waals surface area contributed by atoms with E-state index >= 15 is 0 Å². The largest absolute Gasteiger partial charge is 0.370 e. The van der Waals surface area contributed by atoms with Crippen LogP contribution in [0.1, 0.15) is 32.8 Å². The number of nitrogens with one attached hydrogen (secondary N) is 1. The van der Waals surface area contributed by atoms with E-state index in [-0.39, 0.29) is 0 Å². The van der Waals surface area contributed by atoms with Crippen molar-refractivity contribution < 1.29 is 0 Å². The van der Waals surface area contributed by atoms with E-state index in [2.05, 4.69) is 55.3 Å². The quantitative estimate of drug-likeness (QED) is 0.828. The van der Waals surface area contributed by atoms with Gasteiger partial charge in [0.05, 0.1) is 5.52 Å². The van der Waals surface area contributed by atoms with E-state index in [1.807, 2.05) is 6.07 Å². The van der Waals surface area contributed by atoms with Crippen LogP contribution in [-0.4, -0.2) is 29.5 Å². The van der Waals surface area contributed by atoms with Crippen LogP contribution in [0.15, 0.2) is 30.3 Å². The molecule has 0 atom stereocenters. The van der Waals surface area contributed by atoms with Crippen LogP contribution in [0.4, 0.5) is 5.82 Å². The number of nitrogens with zero attached hydrogens (tertiary/aromatic N) is 2. The van der Waals surface area contributed by atoms with Gasteiger partial charge >= 0.3 is 0 Å². The molecule has 0 bridgehead atoms. The lowest BCUT2D eigenvalue weighted by atomic mass is 10.1. The molecule has 1 aromatic heterocycles. The Labute approximate surface area is 122 Å². The number of aromatic nitrogens is 1. The Morgan fingerprint density at radius 3 is 2.55 bits per heavy atom. The van der Waals surface area contributed by atoms with Gasteiger partial charge in [-0.25, -0.2) is 4.98 Å². The second-order valence-electron chi connectivity index (χ2n) is 5.08. The third kappa shape index (κ3) is 3.48. The summed E-state index contributed by atoms with van der Waals surface area (Å²) < 4.78 is 0. The summed E-state index contributed by atoms with van der Waals surface area (Å²) in [5.74, 6) is 1.04. The van der Waals surface area contributed by atoms with Crippen LogP contribution in [0.3, 0.4) is 0 Å². The van der Waals surface area contributed by atoms with Gasteiger partial charge in [0.25, 0.3) is 0 Å². The lowest BCUT2D eigenvalue weighted by Crippen LogP contribution is -2.23. The standard InChI is InChI=1S/C17H25N3/c1-4-11-18-17-15(13-20(5-2)6-3)12-14-9-7-8-10-16(14)19-17/h7-10,12H,4-6,11,13H2,1-3H3,(H,18,19). The van der Waals surface area contributed by atoms with Crippen molar-refractivity contribution in [3.8, 4) is 0 Å². The van der Waals surface area contributed by atoms with Gasteiger partial charge in [0.2, 0.25) is 0 Å². The molecule has 1 heterocycles. The SMILES string of the molecule is CCCNc1nc2ccccc2cc1CN(CC)CC. The first-order valence-electron chi connectivity index (χ1n) is 7.63. The lowest BCUT2D eigenvalue weighted by molar-refractivity contribution is 0.296. The van der Waals surface area contributed by atoms with Crippen molar-refractivity contribution in [3.05, 3.63) is 35.9 Å². The first-order chi connectivity index (χ1) is 9.78. The van der Waals surface area contributed by atoms with Gasteiger partial charge in [-0.1, -0.05) is 39.0 Å². The summed E-state index contributed by atoms with van der Waals surface area (Å²) in [7, 11) is 0. The monoisotopic (exact) mass is 271 g/mol. The Bertz CT molecular complexity index is 547. The lowest BCUT2D eigenvalue weighted by Gasteiger charge is -2.20. The van der Waals surface area contributed by atoms with Crippen LogP contribution in [0.2, 0.25) is 0 Å². The molecule has 0 aliphatic carbocycles. The number of para-hydroxylation sites is 1. The fourth-order valence-corrected chi connectivity index (χ4v) is 2.36. The zero-order valence-electron chi connectivity index (χ0n) is 12.8. The number of pyridine rings is 1. The Kier molecular flexibility index (Phi) is 5.36. The molecule has 0 spiro atoms. The molecule has 20 heavy (non-hydrogen) atoms. The van der Waals surface area contributed by atoms with Gasteiger partial charge in [0, 0.05) is 24.0 Å². The number of hydrogen-bond donors (Lipinski definition) is 1. The molecule has 1 aromatic carbocycles. The molecule has 0 fully saturated rings. The molecule has 3 heteroatoms. The predicted octanol–water partition coefficient (Wildman–Crippen LogP) is 3.90. The minimum Gasteiger partial charge on any atom is -0.370 e. The molecular formula is C17H25N3. The van der Waals surface area contributed by atoms with E-state index in [0.717, 1.165) is 43.9 Å². The van der Waals surface area contributed by atoms with Crippen molar-refractivity contribution in [1.82, 2.24) is 9.88 Å². The summed E-state index contributed by atoms with van der Waals surface area (Å²) in [6, 6.07) is 10.6. The second kappa shape index (κ2) is 7.25. The molecule has 2 rings (SSSR count). The van der Waals surface area contributed by atoms with E-state index in [1.165, 1.54) is 10.9 Å². The van der Waals surface area contributed by atoms with E-state index in [1.54, 1.807) is 0 Å². The minimum absolute atomic E-state index is 0.955. The Morgan fingerprint density at radius 1 is 1.10 bits per heavy atom. The van der Waals surface area contributed by atoms with Crippen LogP contribution in [0, 0.1) is 0 Å². The molecule has 0 saturated heterocycles. The van der Waals surface area contributed by atoms with Crippen molar-refractivity contribution >= 4 is 16.7 Å². The minimum atomic E-state index is 0.955. The van der Waals surface area contributed by atoms with Gasteiger partial charge in [-0.15, -0.1) is 0 Å². The molecule has 108 valence electrons. The van der Waals surface area contributed by atoms with E-state index in [9.17, 15) is 0 Å². The Morgan fingerprint density at radius 2 is 1.85 bits per heavy atom. The highest BCUT2D eigenvalue weighted by Gasteiger charge is 2.09. The van der Waals surface area contributed by atoms with Crippen LogP contribution in [0.5, 0.6) is 0 Å². The third-order valence-corrected chi connectivity index (χ3v) is 3.63. The number of benzene rings is 1. The first kappa shape index (κ1) is 14.8. The van der Waals surface area contributed by atoms with E-state index < -0.39 is 0 Å². The van der Waals surface area contributed by atoms with Gasteiger partial charge in [0.15, 0.2) is 0 Å². The summed E-state index contributed by atoms with van der Waals surface area (Å²) in [5, 5.41) is 4.69. The van der Waals surface area contributed by atoms with Gasteiger partial charge in [-0.2, -0.15) is 0 Å². The predicted molar refractivity (Wildman–Crippen MR) is 87.1 cm³/mol. The number of fused-ring (bicyclic) bond motifs is 1. The highest BCUT2D eigenvalue weighted by atomic mass is 15.1. The summed E-state index contributed by atoms with van der Waals surface area (Å²) >= 11 is 0. The van der Waals surface area contributed by atoms with Gasteiger partial charge < -0.3 is 5.32 Å². The Hall–Kier alpha value is -1.61. The average Bonchev–Trinajstić information content (AvgIpc) is 2.50. The fraction of sp³-hybridized carbons (Fsp3) is 0.471. The van der Waals surface area contributed by atoms with Crippen LogP contribution in [-0.2, 0) is 6.54 Å². The maximum atomic E-state index is 4.80. The van der Waals surface area contributed by atoms with Crippen molar-refractivity contribution in [1.29, 1.82) is 0 Å². The topological polar surface area (TPSA) is 28.2 Å². The number of hydrogen-bond acceptors (Lipinski definition) is 3. The maximum absolute atomic E-state index is 4.80. The molecular weight excluding hydrogens is 246 g/mol.